The van der Waals surface area contributed by atoms with Gasteiger partial charge in [-0.15, -0.1) is 11.3 Å². The fraction of sp³-hybridized carbons (Fsp3) is 0.643. The summed E-state index contributed by atoms with van der Waals surface area (Å²) in [6, 6.07) is 4.21. The summed E-state index contributed by atoms with van der Waals surface area (Å²) in [5.41, 5.74) is 0. The number of hydrogen-bond donors (Lipinski definition) is 3. The number of thiophene rings is 1. The Morgan fingerprint density at radius 3 is 2.73 bits per heavy atom. The average Bonchev–Trinajstić information content (AvgIpc) is 2.92. The van der Waals surface area contributed by atoms with Crippen LogP contribution >= 0.6 is 11.3 Å². The Balaban J connectivity index is 2.37. The molecule has 1 heterocycles. The van der Waals surface area contributed by atoms with Gasteiger partial charge < -0.3 is 10.6 Å². The summed E-state index contributed by atoms with van der Waals surface area (Å²) in [5.74, 6) is 1.18. The molecule has 0 bridgehead atoms. The molecular formula is C14H26N4O2S2. The minimum Gasteiger partial charge on any atom is -0.357 e. The quantitative estimate of drug-likeness (QED) is 0.354. The summed E-state index contributed by atoms with van der Waals surface area (Å²) < 4.78 is 24.4. The summed E-state index contributed by atoms with van der Waals surface area (Å²) in [5, 5.41) is 8.37. The van der Waals surface area contributed by atoms with E-state index in [0.29, 0.717) is 19.0 Å². The zero-order valence-corrected chi connectivity index (χ0v) is 15.1. The van der Waals surface area contributed by atoms with E-state index in [1.54, 1.807) is 11.3 Å². The Kier molecular flexibility index (Phi) is 8.44. The van der Waals surface area contributed by atoms with Gasteiger partial charge in [0.05, 0.1) is 6.26 Å². The highest BCUT2D eigenvalue weighted by Gasteiger charge is 2.05. The Labute approximate surface area is 137 Å². The Morgan fingerprint density at radius 1 is 1.36 bits per heavy atom. The molecule has 1 atom stereocenters. The maximum atomic E-state index is 11.0. The van der Waals surface area contributed by atoms with Crippen LogP contribution < -0.4 is 15.4 Å². The molecule has 8 heteroatoms. The van der Waals surface area contributed by atoms with E-state index in [1.807, 2.05) is 6.92 Å². The highest BCUT2D eigenvalue weighted by Crippen LogP contribution is 2.14. The van der Waals surface area contributed by atoms with E-state index >= 15 is 0 Å². The van der Waals surface area contributed by atoms with Crippen LogP contribution in [0.5, 0.6) is 0 Å². The van der Waals surface area contributed by atoms with Gasteiger partial charge in [0.2, 0.25) is 10.0 Å². The van der Waals surface area contributed by atoms with Crippen molar-refractivity contribution in [1.29, 1.82) is 0 Å². The molecule has 6 nitrogen and oxygen atoms in total. The molecule has 1 aromatic heterocycles. The van der Waals surface area contributed by atoms with Crippen molar-refractivity contribution < 1.29 is 8.42 Å². The molecule has 0 saturated carbocycles. The van der Waals surface area contributed by atoms with Crippen LogP contribution in [-0.2, 0) is 16.4 Å². The molecule has 0 saturated heterocycles. The number of sulfonamides is 1. The van der Waals surface area contributed by atoms with Crippen molar-refractivity contribution in [2.45, 2.75) is 20.3 Å². The molecule has 3 N–H and O–H groups in total. The summed E-state index contributed by atoms with van der Waals surface area (Å²) in [6.07, 6.45) is 2.18. The van der Waals surface area contributed by atoms with Crippen molar-refractivity contribution in [2.75, 3.05) is 32.4 Å². The Bertz CT molecular complexity index is 541. The predicted molar refractivity (Wildman–Crippen MR) is 94.0 cm³/mol. The van der Waals surface area contributed by atoms with Crippen molar-refractivity contribution in [1.82, 2.24) is 15.4 Å². The number of hydrogen-bond acceptors (Lipinski definition) is 4. The third-order valence-electron chi connectivity index (χ3n) is 2.82. The largest absolute Gasteiger partial charge is 0.357 e. The van der Waals surface area contributed by atoms with E-state index in [0.717, 1.165) is 31.7 Å². The Morgan fingerprint density at radius 2 is 2.14 bits per heavy atom. The van der Waals surface area contributed by atoms with Gasteiger partial charge in [0.15, 0.2) is 5.96 Å². The fourth-order valence-corrected chi connectivity index (χ4v) is 3.19. The van der Waals surface area contributed by atoms with Gasteiger partial charge in [-0.3, -0.25) is 4.99 Å². The highest BCUT2D eigenvalue weighted by atomic mass is 32.2. The second kappa shape index (κ2) is 9.81. The summed E-state index contributed by atoms with van der Waals surface area (Å²) >= 11 is 1.77. The monoisotopic (exact) mass is 346 g/mol. The predicted octanol–water partition coefficient (Wildman–Crippen LogP) is 1.03. The number of guanidine groups is 1. The first-order valence-electron chi connectivity index (χ1n) is 7.40. The molecule has 0 spiro atoms. The topological polar surface area (TPSA) is 82.6 Å². The summed E-state index contributed by atoms with van der Waals surface area (Å²) in [4.78, 5) is 5.92. The van der Waals surface area contributed by atoms with Gasteiger partial charge in [-0.1, -0.05) is 13.0 Å². The molecule has 1 aromatic rings. The molecule has 126 valence electrons. The highest BCUT2D eigenvalue weighted by molar-refractivity contribution is 7.88. The molecule has 1 rings (SSSR count). The molecule has 0 aromatic carbocycles. The first-order valence-corrected chi connectivity index (χ1v) is 10.2. The van der Waals surface area contributed by atoms with Gasteiger partial charge in [-0.2, -0.15) is 0 Å². The fourth-order valence-electron chi connectivity index (χ4n) is 1.84. The smallest absolute Gasteiger partial charge is 0.208 e. The lowest BCUT2D eigenvalue weighted by molar-refractivity contribution is 0.585. The van der Waals surface area contributed by atoms with Crippen LogP contribution in [0.3, 0.4) is 0 Å². The third kappa shape index (κ3) is 9.01. The minimum absolute atomic E-state index is 0.341. The van der Waals surface area contributed by atoms with Crippen molar-refractivity contribution in [2.24, 2.45) is 10.9 Å². The molecule has 0 radical (unpaired) electrons. The van der Waals surface area contributed by atoms with Gasteiger partial charge in [-0.25, -0.2) is 13.1 Å². The lowest BCUT2D eigenvalue weighted by atomic mass is 10.1. The van der Waals surface area contributed by atoms with Gasteiger partial charge in [0, 0.05) is 31.1 Å². The van der Waals surface area contributed by atoms with Gasteiger partial charge in [0.25, 0.3) is 0 Å². The first kappa shape index (κ1) is 18.9. The van der Waals surface area contributed by atoms with Crippen molar-refractivity contribution in [3.05, 3.63) is 22.4 Å². The van der Waals surface area contributed by atoms with E-state index in [1.165, 1.54) is 4.88 Å². The summed E-state index contributed by atoms with van der Waals surface area (Å²) in [7, 11) is -3.14. The molecule has 1 unspecified atom stereocenters. The zero-order chi connectivity index (χ0) is 16.4. The number of nitrogens with one attached hydrogen (secondary N) is 3. The van der Waals surface area contributed by atoms with Crippen LogP contribution in [0.4, 0.5) is 0 Å². The van der Waals surface area contributed by atoms with Crippen molar-refractivity contribution in [3.8, 4) is 0 Å². The van der Waals surface area contributed by atoms with E-state index < -0.39 is 10.0 Å². The zero-order valence-electron chi connectivity index (χ0n) is 13.4. The first-order chi connectivity index (χ1) is 10.4. The lowest BCUT2D eigenvalue weighted by Gasteiger charge is -2.13. The number of rotatable bonds is 9. The van der Waals surface area contributed by atoms with Gasteiger partial charge >= 0.3 is 0 Å². The standard InChI is InChI=1S/C14H26N4O2S2/c1-4-15-14(16-7-8-18-22(3,19)20)17-11-12(2)10-13-6-5-9-21-13/h5-6,9,12,18H,4,7-8,10-11H2,1-3H3,(H2,15,16,17). The SMILES string of the molecule is CCNC(=NCC(C)Cc1cccs1)NCCNS(C)(=O)=O. The van der Waals surface area contributed by atoms with Gasteiger partial charge in [0.1, 0.15) is 0 Å². The van der Waals surface area contributed by atoms with Crippen molar-refractivity contribution in [3.63, 3.8) is 0 Å². The minimum atomic E-state index is -3.14. The van der Waals surface area contributed by atoms with Crippen LogP contribution in [-0.4, -0.2) is 46.8 Å². The molecule has 0 aliphatic carbocycles. The second-order valence-electron chi connectivity index (χ2n) is 5.20. The lowest BCUT2D eigenvalue weighted by Crippen LogP contribution is -2.41. The maximum absolute atomic E-state index is 11.0. The molecular weight excluding hydrogens is 320 g/mol. The van der Waals surface area contributed by atoms with E-state index in [9.17, 15) is 8.42 Å². The van der Waals surface area contributed by atoms with E-state index in [2.05, 4.69) is 44.8 Å². The van der Waals surface area contributed by atoms with Crippen LogP contribution in [0.15, 0.2) is 22.5 Å². The van der Waals surface area contributed by atoms with Crippen LogP contribution in [0.25, 0.3) is 0 Å². The molecule has 0 aliphatic rings. The second-order valence-corrected chi connectivity index (χ2v) is 8.07. The molecule has 0 amide bonds. The van der Waals surface area contributed by atoms with Crippen LogP contribution in [0.2, 0.25) is 0 Å². The average molecular weight is 347 g/mol. The van der Waals surface area contributed by atoms with Crippen LogP contribution in [0, 0.1) is 5.92 Å². The molecule has 0 aliphatic heterocycles. The van der Waals surface area contributed by atoms with E-state index in [4.69, 9.17) is 0 Å². The maximum Gasteiger partial charge on any atom is 0.208 e. The molecule has 22 heavy (non-hydrogen) atoms. The normalized spacial score (nSPS) is 13.9. The van der Waals surface area contributed by atoms with E-state index in [-0.39, 0.29) is 0 Å². The number of nitrogens with zero attached hydrogens (tertiary/aromatic N) is 1. The molecule has 0 fully saturated rings. The van der Waals surface area contributed by atoms with Crippen molar-refractivity contribution >= 4 is 27.3 Å². The third-order valence-corrected chi connectivity index (χ3v) is 4.44. The van der Waals surface area contributed by atoms with Crippen LogP contribution in [0.1, 0.15) is 18.7 Å². The number of aliphatic imine (C=N–C) groups is 1. The summed E-state index contributed by atoms with van der Waals surface area (Å²) in [6.45, 7) is 6.52. The Hall–Kier alpha value is -1.12. The van der Waals surface area contributed by atoms with Gasteiger partial charge in [-0.05, 0) is 30.7 Å².